The monoisotopic (exact) mass is 417 g/mol. The highest BCUT2D eigenvalue weighted by Crippen LogP contribution is 2.29. The molecule has 0 atom stereocenters. The van der Waals surface area contributed by atoms with Crippen LogP contribution in [0.5, 0.6) is 11.5 Å². The number of carbonyl (C=O) groups is 1. The van der Waals surface area contributed by atoms with Crippen molar-refractivity contribution in [1.29, 1.82) is 0 Å². The number of piperidine rings is 1. The fourth-order valence-electron chi connectivity index (χ4n) is 3.29. The van der Waals surface area contributed by atoms with E-state index in [-0.39, 0.29) is 5.91 Å². The fourth-order valence-corrected chi connectivity index (χ4v) is 3.98. The van der Waals surface area contributed by atoms with E-state index in [1.54, 1.807) is 25.3 Å². The van der Waals surface area contributed by atoms with Gasteiger partial charge in [-0.15, -0.1) is 11.3 Å². The molecule has 7 heteroatoms. The first-order chi connectivity index (χ1) is 14.0. The predicted octanol–water partition coefficient (Wildman–Crippen LogP) is 4.81. The van der Waals surface area contributed by atoms with E-state index in [9.17, 15) is 4.79 Å². The lowest BCUT2D eigenvalue weighted by atomic mass is 10.1. The van der Waals surface area contributed by atoms with Gasteiger partial charge in [-0.25, -0.2) is 4.98 Å². The zero-order chi connectivity index (χ0) is 20.6. The van der Waals surface area contributed by atoms with Gasteiger partial charge >= 0.3 is 0 Å². The second-order valence-corrected chi connectivity index (χ2v) is 8.69. The Balaban J connectivity index is 1.58. The molecule has 1 aromatic carbocycles. The molecular formula is C22H31N3O3S. The van der Waals surface area contributed by atoms with Gasteiger partial charge in [-0.05, 0) is 56.5 Å². The normalized spacial score (nSPS) is 14.8. The van der Waals surface area contributed by atoms with Gasteiger partial charge in [0.2, 0.25) is 0 Å². The number of aromatic nitrogens is 1. The number of amides is 1. The lowest BCUT2D eigenvalue weighted by Crippen LogP contribution is -2.29. The summed E-state index contributed by atoms with van der Waals surface area (Å²) in [4.78, 5) is 19.6. The van der Waals surface area contributed by atoms with Crippen LogP contribution in [-0.2, 0) is 6.54 Å². The lowest BCUT2D eigenvalue weighted by molar-refractivity contribution is 0.102. The van der Waals surface area contributed by atoms with Crippen LogP contribution in [0.1, 0.15) is 55.6 Å². The van der Waals surface area contributed by atoms with Crippen LogP contribution in [0, 0.1) is 5.92 Å². The fraction of sp³-hybridized carbons (Fsp3) is 0.545. The molecule has 158 valence electrons. The van der Waals surface area contributed by atoms with Gasteiger partial charge in [0, 0.05) is 17.5 Å². The third kappa shape index (κ3) is 6.44. The van der Waals surface area contributed by atoms with Crippen LogP contribution in [0.3, 0.4) is 0 Å². The zero-order valence-electron chi connectivity index (χ0n) is 17.6. The van der Waals surface area contributed by atoms with Crippen LogP contribution in [0.2, 0.25) is 0 Å². The molecule has 0 unspecified atom stereocenters. The van der Waals surface area contributed by atoms with Crippen molar-refractivity contribution in [2.75, 3.05) is 32.1 Å². The van der Waals surface area contributed by atoms with Gasteiger partial charge in [-0.3, -0.25) is 15.0 Å². The summed E-state index contributed by atoms with van der Waals surface area (Å²) in [6, 6.07) is 5.25. The first kappa shape index (κ1) is 21.6. The lowest BCUT2D eigenvalue weighted by Gasteiger charge is -2.25. The number of methoxy groups -OCH3 is 1. The smallest absolute Gasteiger partial charge is 0.257 e. The highest BCUT2D eigenvalue weighted by atomic mass is 32.1. The number of nitrogens with zero attached hydrogens (tertiary/aromatic N) is 2. The van der Waals surface area contributed by atoms with Crippen LogP contribution in [0.25, 0.3) is 0 Å². The molecule has 1 aromatic heterocycles. The Morgan fingerprint density at radius 1 is 1.24 bits per heavy atom. The van der Waals surface area contributed by atoms with Crippen molar-refractivity contribution >= 4 is 22.4 Å². The molecule has 0 saturated carbocycles. The maximum atomic E-state index is 12.6. The summed E-state index contributed by atoms with van der Waals surface area (Å²) < 4.78 is 11.2. The molecule has 2 heterocycles. The summed E-state index contributed by atoms with van der Waals surface area (Å²) >= 11 is 1.46. The van der Waals surface area contributed by atoms with Crippen molar-refractivity contribution in [2.24, 2.45) is 5.92 Å². The van der Waals surface area contributed by atoms with E-state index in [1.165, 1.54) is 30.6 Å². The number of ether oxygens (including phenoxy) is 2. The average Bonchev–Trinajstić information content (AvgIpc) is 3.15. The van der Waals surface area contributed by atoms with Crippen LogP contribution in [0.15, 0.2) is 23.6 Å². The quantitative estimate of drug-likeness (QED) is 0.634. The Bertz CT molecular complexity index is 800. The average molecular weight is 418 g/mol. The molecule has 29 heavy (non-hydrogen) atoms. The number of hydrogen-bond donors (Lipinski definition) is 1. The molecule has 1 aliphatic rings. The number of benzene rings is 1. The van der Waals surface area contributed by atoms with Crippen LogP contribution in [-0.4, -0.2) is 42.6 Å². The van der Waals surface area contributed by atoms with Gasteiger partial charge in [0.05, 0.1) is 19.4 Å². The van der Waals surface area contributed by atoms with E-state index < -0.39 is 0 Å². The molecule has 0 aliphatic carbocycles. The SMILES string of the molecule is COc1cc(C(=O)Nc2nc(CN3CCCCC3)cs2)ccc1OCCC(C)C. The van der Waals surface area contributed by atoms with Gasteiger partial charge in [0.1, 0.15) is 0 Å². The maximum Gasteiger partial charge on any atom is 0.257 e. The molecular weight excluding hydrogens is 386 g/mol. The summed E-state index contributed by atoms with van der Waals surface area (Å²) in [5.74, 6) is 1.59. The molecule has 1 N–H and O–H groups in total. The first-order valence-corrected chi connectivity index (χ1v) is 11.2. The third-order valence-corrected chi connectivity index (χ3v) is 5.79. The van der Waals surface area contributed by atoms with Crippen molar-refractivity contribution in [3.05, 3.63) is 34.8 Å². The highest BCUT2D eigenvalue weighted by Gasteiger charge is 2.15. The van der Waals surface area contributed by atoms with E-state index in [2.05, 4.69) is 29.0 Å². The third-order valence-electron chi connectivity index (χ3n) is 4.99. The molecule has 1 saturated heterocycles. The summed E-state index contributed by atoms with van der Waals surface area (Å²) in [7, 11) is 1.58. The summed E-state index contributed by atoms with van der Waals surface area (Å²) in [5, 5.41) is 5.55. The minimum atomic E-state index is -0.198. The standard InChI is InChI=1S/C22H31N3O3S/c1-16(2)9-12-28-19-8-7-17(13-20(19)27-3)21(26)24-22-23-18(15-29-22)14-25-10-5-4-6-11-25/h7-8,13,15-16H,4-6,9-12,14H2,1-3H3,(H,23,24,26). The highest BCUT2D eigenvalue weighted by molar-refractivity contribution is 7.13. The molecule has 3 rings (SSSR count). The second kappa shape index (κ2) is 10.6. The Morgan fingerprint density at radius 2 is 2.03 bits per heavy atom. The number of rotatable bonds is 9. The van der Waals surface area contributed by atoms with E-state index in [4.69, 9.17) is 9.47 Å². The molecule has 0 bridgehead atoms. The summed E-state index contributed by atoms with van der Waals surface area (Å²) in [6.07, 6.45) is 4.80. The minimum Gasteiger partial charge on any atom is -0.493 e. The Morgan fingerprint density at radius 3 is 2.76 bits per heavy atom. The van der Waals surface area contributed by atoms with Crippen LogP contribution < -0.4 is 14.8 Å². The summed E-state index contributed by atoms with van der Waals surface area (Å²) in [6.45, 7) is 8.05. The molecule has 1 amide bonds. The zero-order valence-corrected chi connectivity index (χ0v) is 18.4. The largest absolute Gasteiger partial charge is 0.493 e. The molecule has 1 fully saturated rings. The van der Waals surface area contributed by atoms with E-state index in [1.807, 2.05) is 5.38 Å². The van der Waals surface area contributed by atoms with Crippen LogP contribution in [0.4, 0.5) is 5.13 Å². The van der Waals surface area contributed by atoms with Crippen LogP contribution >= 0.6 is 11.3 Å². The van der Waals surface area contributed by atoms with Crippen molar-refractivity contribution in [3.8, 4) is 11.5 Å². The number of carbonyl (C=O) groups excluding carboxylic acids is 1. The number of hydrogen-bond acceptors (Lipinski definition) is 6. The second-order valence-electron chi connectivity index (χ2n) is 7.83. The van der Waals surface area contributed by atoms with Gasteiger partial charge in [-0.1, -0.05) is 20.3 Å². The first-order valence-electron chi connectivity index (χ1n) is 10.3. The Hall–Kier alpha value is -2.12. The molecule has 2 aromatic rings. The van der Waals surface area contributed by atoms with Crippen molar-refractivity contribution < 1.29 is 14.3 Å². The summed E-state index contributed by atoms with van der Waals surface area (Å²) in [5.41, 5.74) is 1.53. The van der Waals surface area contributed by atoms with Gasteiger partial charge in [0.25, 0.3) is 5.91 Å². The number of likely N-dealkylation sites (tertiary alicyclic amines) is 1. The molecule has 6 nitrogen and oxygen atoms in total. The Labute approximate surface area is 177 Å². The minimum absolute atomic E-state index is 0.198. The van der Waals surface area contributed by atoms with Gasteiger partial charge in [-0.2, -0.15) is 0 Å². The molecule has 0 spiro atoms. The topological polar surface area (TPSA) is 63.7 Å². The maximum absolute atomic E-state index is 12.6. The predicted molar refractivity (Wildman–Crippen MR) is 117 cm³/mol. The van der Waals surface area contributed by atoms with E-state index >= 15 is 0 Å². The number of nitrogens with one attached hydrogen (secondary N) is 1. The van der Waals surface area contributed by atoms with Crippen molar-refractivity contribution in [2.45, 2.75) is 46.1 Å². The number of thiazole rings is 1. The molecule has 0 radical (unpaired) electrons. The van der Waals surface area contributed by atoms with Gasteiger partial charge in [0.15, 0.2) is 16.6 Å². The Kier molecular flexibility index (Phi) is 7.89. The van der Waals surface area contributed by atoms with Crippen molar-refractivity contribution in [3.63, 3.8) is 0 Å². The van der Waals surface area contributed by atoms with Crippen molar-refractivity contribution in [1.82, 2.24) is 9.88 Å². The van der Waals surface area contributed by atoms with E-state index in [0.717, 1.165) is 31.7 Å². The van der Waals surface area contributed by atoms with E-state index in [0.29, 0.717) is 34.7 Å². The van der Waals surface area contributed by atoms with Gasteiger partial charge < -0.3 is 9.47 Å². The molecule has 1 aliphatic heterocycles. The number of anilines is 1.